The van der Waals surface area contributed by atoms with E-state index in [1.807, 2.05) is 0 Å². The number of imidazole rings is 1. The fourth-order valence-electron chi connectivity index (χ4n) is 5.29. The van der Waals surface area contributed by atoms with Gasteiger partial charge in [-0.25, -0.2) is 15.0 Å². The second kappa shape index (κ2) is 10.2. The van der Waals surface area contributed by atoms with E-state index in [2.05, 4.69) is 37.4 Å². The molecule has 2 saturated carbocycles. The van der Waals surface area contributed by atoms with Gasteiger partial charge in [0.1, 0.15) is 0 Å². The number of halogens is 1. The van der Waals surface area contributed by atoms with Crippen LogP contribution >= 0.6 is 11.3 Å². The number of nitrogens with one attached hydrogen (secondary N) is 2. The number of hydrogen-bond donors (Lipinski definition) is 4. The highest BCUT2D eigenvalue weighted by atomic mass is 32.1. The number of thiophene rings is 1. The number of rotatable bonds is 7. The summed E-state index contributed by atoms with van der Waals surface area (Å²) in [5.41, 5.74) is 10.6. The molecule has 0 bridgehead atoms. The van der Waals surface area contributed by atoms with Gasteiger partial charge in [0.2, 0.25) is 11.7 Å². The molecule has 3 heterocycles. The summed E-state index contributed by atoms with van der Waals surface area (Å²) in [5.74, 6) is 3.96. The van der Waals surface area contributed by atoms with Crippen molar-refractivity contribution in [2.24, 2.45) is 22.8 Å². The lowest BCUT2D eigenvalue weighted by Gasteiger charge is -2.30. The molecule has 2 fully saturated rings. The number of carbonyl (C=O) groups excluding carboxylic acids is 3. The monoisotopic (exact) mass is 556 g/mol. The summed E-state index contributed by atoms with van der Waals surface area (Å²) in [7, 11) is 3.14. The van der Waals surface area contributed by atoms with Crippen LogP contribution in [0.5, 0.6) is 0 Å². The molecule has 0 aliphatic heterocycles. The number of nitrogens with two attached hydrogens (primary N) is 2. The third-order valence-corrected chi connectivity index (χ3v) is 7.76. The van der Waals surface area contributed by atoms with Crippen LogP contribution in [0.4, 0.5) is 10.2 Å². The lowest BCUT2D eigenvalue weighted by molar-refractivity contribution is -0.172. The van der Waals surface area contributed by atoms with Crippen molar-refractivity contribution in [2.45, 2.75) is 24.7 Å². The molecule has 3 aromatic rings. The lowest BCUT2D eigenvalue weighted by Crippen LogP contribution is -2.47. The minimum absolute atomic E-state index is 0.135. The van der Waals surface area contributed by atoms with E-state index in [0.717, 1.165) is 11.3 Å². The molecular formula is C24H25FN8O5S. The Morgan fingerprint density at radius 2 is 1.92 bits per heavy atom. The number of fused-ring (bicyclic) bond motifs is 2. The average molecular weight is 557 g/mol. The van der Waals surface area contributed by atoms with Crippen LogP contribution in [-0.2, 0) is 23.9 Å². The lowest BCUT2D eigenvalue weighted by atomic mass is 9.97. The molecule has 39 heavy (non-hydrogen) atoms. The summed E-state index contributed by atoms with van der Waals surface area (Å²) < 4.78 is 26.4. The number of hydrogen-bond acceptors (Lipinski definition) is 12. The molecule has 13 nitrogen and oxygen atoms in total. The van der Waals surface area contributed by atoms with Gasteiger partial charge in [-0.2, -0.15) is 4.39 Å². The van der Waals surface area contributed by atoms with E-state index in [1.165, 1.54) is 19.4 Å². The van der Waals surface area contributed by atoms with Gasteiger partial charge in [-0.1, -0.05) is 11.3 Å². The van der Waals surface area contributed by atoms with Gasteiger partial charge in [0.15, 0.2) is 34.3 Å². The predicted octanol–water partition coefficient (Wildman–Crippen LogP) is -0.484. The summed E-state index contributed by atoms with van der Waals surface area (Å²) in [5, 5.41) is 5.24. The van der Waals surface area contributed by atoms with Gasteiger partial charge in [0, 0.05) is 20.0 Å². The van der Waals surface area contributed by atoms with Crippen molar-refractivity contribution < 1.29 is 28.2 Å². The van der Waals surface area contributed by atoms with Crippen LogP contribution < -0.4 is 22.1 Å². The Kier molecular flexibility index (Phi) is 6.93. The van der Waals surface area contributed by atoms with Crippen molar-refractivity contribution in [1.29, 1.82) is 0 Å². The predicted molar refractivity (Wildman–Crippen MR) is 137 cm³/mol. The van der Waals surface area contributed by atoms with Crippen molar-refractivity contribution in [2.75, 3.05) is 32.5 Å². The SMILES string of the molecule is CNC(=O)C12CC1C(n1cnc3c(NC)nc(C#Cc4ccc(F)s4)nc31)C(OC(=O)CN)C2OC(=O)CN. The van der Waals surface area contributed by atoms with E-state index in [1.54, 1.807) is 17.7 Å². The van der Waals surface area contributed by atoms with Gasteiger partial charge < -0.3 is 36.1 Å². The maximum Gasteiger partial charge on any atom is 0.320 e. The highest BCUT2D eigenvalue weighted by Gasteiger charge is 2.78. The first-order valence-electron chi connectivity index (χ1n) is 12.0. The Hall–Kier alpha value is -4.13. The Morgan fingerprint density at radius 1 is 1.18 bits per heavy atom. The van der Waals surface area contributed by atoms with Crippen molar-refractivity contribution in [1.82, 2.24) is 24.8 Å². The largest absolute Gasteiger partial charge is 0.456 e. The first-order valence-corrected chi connectivity index (χ1v) is 12.8. The van der Waals surface area contributed by atoms with Crippen LogP contribution in [-0.4, -0.2) is 76.8 Å². The van der Waals surface area contributed by atoms with Crippen LogP contribution in [0.1, 0.15) is 23.2 Å². The van der Waals surface area contributed by atoms with Crippen molar-refractivity contribution >= 4 is 46.2 Å². The van der Waals surface area contributed by atoms with E-state index in [-0.39, 0.29) is 16.9 Å². The minimum Gasteiger partial charge on any atom is -0.456 e. The summed E-state index contributed by atoms with van der Waals surface area (Å²) in [6, 6.07) is 2.18. The summed E-state index contributed by atoms with van der Waals surface area (Å²) in [6.07, 6.45) is -0.340. The highest BCUT2D eigenvalue weighted by Crippen LogP contribution is 2.69. The second-order valence-electron chi connectivity index (χ2n) is 9.02. The standard InChI is InChI=1S/C24H25FN8O5S/c1-28-21-17-22(32-14(31-21)6-4-11-3-5-13(25)39-11)33(10-30-17)18-12-7-24(12,23(36)29-2)20(38-16(35)9-27)19(18)37-15(34)8-26/h3,5,10,12,18-20H,7-9,26-27H2,1-2H3,(H,29,36)(H,28,31,32). The van der Waals surface area contributed by atoms with Crippen LogP contribution in [0.15, 0.2) is 18.5 Å². The summed E-state index contributed by atoms with van der Waals surface area (Å²) in [6.45, 7) is -0.839. The van der Waals surface area contributed by atoms with Gasteiger partial charge in [0.05, 0.1) is 35.8 Å². The number of esters is 2. The van der Waals surface area contributed by atoms with Gasteiger partial charge in [-0.05, 0) is 30.4 Å². The Bertz CT molecular complexity index is 1530. The zero-order chi connectivity index (χ0) is 27.9. The molecule has 6 N–H and O–H groups in total. The number of anilines is 1. The normalized spacial score (nSPS) is 24.8. The first kappa shape index (κ1) is 26.5. The molecule has 0 saturated heterocycles. The maximum absolute atomic E-state index is 13.4. The third-order valence-electron chi connectivity index (χ3n) is 6.97. The molecular weight excluding hydrogens is 531 g/mol. The molecule has 204 valence electrons. The molecule has 0 spiro atoms. The molecule has 5 rings (SSSR count). The van der Waals surface area contributed by atoms with Crippen molar-refractivity contribution in [3.8, 4) is 11.8 Å². The molecule has 3 aromatic heterocycles. The number of amides is 1. The smallest absolute Gasteiger partial charge is 0.320 e. The fraction of sp³-hybridized carbons (Fsp3) is 0.417. The Balaban J connectivity index is 1.63. The average Bonchev–Trinajstić information content (AvgIpc) is 3.17. The van der Waals surface area contributed by atoms with Gasteiger partial charge in [-0.3, -0.25) is 14.4 Å². The van der Waals surface area contributed by atoms with Gasteiger partial charge in [0.25, 0.3) is 0 Å². The molecule has 5 unspecified atom stereocenters. The minimum atomic E-state index is -1.15. The topological polar surface area (TPSA) is 189 Å². The number of carbonyl (C=O) groups is 3. The molecule has 0 radical (unpaired) electrons. The van der Waals surface area contributed by atoms with E-state index in [9.17, 15) is 18.8 Å². The molecule has 15 heteroatoms. The Morgan fingerprint density at radius 3 is 2.56 bits per heavy atom. The quantitative estimate of drug-likeness (QED) is 0.217. The third kappa shape index (κ3) is 4.46. The highest BCUT2D eigenvalue weighted by molar-refractivity contribution is 7.10. The number of nitrogens with zero attached hydrogens (tertiary/aromatic N) is 4. The zero-order valence-electron chi connectivity index (χ0n) is 20.9. The van der Waals surface area contributed by atoms with E-state index in [4.69, 9.17) is 20.9 Å². The molecule has 5 atom stereocenters. The van der Waals surface area contributed by atoms with Crippen LogP contribution in [0.25, 0.3) is 11.2 Å². The van der Waals surface area contributed by atoms with Gasteiger partial charge >= 0.3 is 11.9 Å². The molecule has 1 amide bonds. The van der Waals surface area contributed by atoms with Crippen molar-refractivity contribution in [3.63, 3.8) is 0 Å². The molecule has 2 aliphatic rings. The fourth-order valence-corrected chi connectivity index (χ4v) is 5.88. The van der Waals surface area contributed by atoms with Crippen molar-refractivity contribution in [3.05, 3.63) is 34.3 Å². The van der Waals surface area contributed by atoms with E-state index in [0.29, 0.717) is 28.3 Å². The van der Waals surface area contributed by atoms with E-state index >= 15 is 0 Å². The summed E-state index contributed by atoms with van der Waals surface area (Å²) >= 11 is 0.895. The summed E-state index contributed by atoms with van der Waals surface area (Å²) in [4.78, 5) is 51.7. The first-order chi connectivity index (χ1) is 18.8. The number of ether oxygens (including phenoxy) is 2. The maximum atomic E-state index is 13.4. The van der Waals surface area contributed by atoms with Crippen LogP contribution in [0.2, 0.25) is 0 Å². The van der Waals surface area contributed by atoms with Gasteiger partial charge in [-0.15, -0.1) is 0 Å². The van der Waals surface area contributed by atoms with Crippen LogP contribution in [0, 0.1) is 28.3 Å². The molecule has 2 aliphatic carbocycles. The zero-order valence-corrected chi connectivity index (χ0v) is 21.8. The second-order valence-corrected chi connectivity index (χ2v) is 10.1. The number of aromatic nitrogens is 4. The van der Waals surface area contributed by atoms with E-state index < -0.39 is 54.6 Å². The Labute approximate surface area is 225 Å². The van der Waals surface area contributed by atoms with Crippen LogP contribution in [0.3, 0.4) is 0 Å². The molecule has 0 aromatic carbocycles.